The van der Waals surface area contributed by atoms with E-state index in [1.165, 1.54) is 69.9 Å². The van der Waals surface area contributed by atoms with Gasteiger partial charge >= 0.3 is 11.9 Å². The quantitative estimate of drug-likeness (QED) is 0.243. The smallest absolute Gasteiger partial charge is 0.335 e. The van der Waals surface area contributed by atoms with Gasteiger partial charge in [0, 0.05) is 19.3 Å². The van der Waals surface area contributed by atoms with Crippen LogP contribution in [0.2, 0.25) is 0 Å². The molecule has 2 saturated carbocycles. The largest absolute Gasteiger partial charge is 0.493 e. The lowest BCUT2D eigenvalue weighted by atomic mass is 9.47. The Bertz CT molecular complexity index is 1370. The number of rotatable bonds is 4. The number of allylic oxidation sites excluding steroid dienone is 3. The summed E-state index contributed by atoms with van der Waals surface area (Å²) in [6, 6.07) is 8.32. The van der Waals surface area contributed by atoms with Gasteiger partial charge in [-0.3, -0.25) is 9.78 Å². The van der Waals surface area contributed by atoms with Gasteiger partial charge in [0.15, 0.2) is 11.5 Å². The second-order valence-electron chi connectivity index (χ2n) is 12.5. The van der Waals surface area contributed by atoms with Gasteiger partial charge in [-0.05, 0) is 109 Å². The molecule has 0 unspecified atom stereocenters. The number of carbonyl (C=O) groups excluding carboxylic acids is 1. The Hall–Kier alpha value is -3.45. The third-order valence-electron chi connectivity index (χ3n) is 10.3. The number of aromatic nitrogens is 1. The number of carboxylic acid groups (broad SMARTS) is 1. The SMILES string of the molecule is COc1cc(C(=O)O)ccc1OC(C)=O.C[C@]12CC[C@H](O)CC1=CC[C@@H]1[C@@H]2CC[C@]2(C)C(c3cccnc3)=CC[C@@H]12. The Morgan fingerprint density at radius 3 is 2.46 bits per heavy atom. The van der Waals surface area contributed by atoms with Crippen LogP contribution in [0.3, 0.4) is 0 Å². The number of aliphatic hydroxyl groups excluding tert-OH is 1. The summed E-state index contributed by atoms with van der Waals surface area (Å²) in [6.45, 7) is 6.28. The Kier molecular flexibility index (Phi) is 8.11. The average Bonchev–Trinajstić information content (AvgIpc) is 3.31. The van der Waals surface area contributed by atoms with Crippen molar-refractivity contribution in [3.63, 3.8) is 0 Å². The molecule has 0 aliphatic heterocycles. The van der Waals surface area contributed by atoms with E-state index in [4.69, 9.17) is 14.6 Å². The van der Waals surface area contributed by atoms with Gasteiger partial charge in [-0.1, -0.05) is 37.6 Å². The zero-order chi connectivity index (χ0) is 29.4. The first-order chi connectivity index (χ1) is 19.6. The molecule has 6 rings (SSSR count). The number of aromatic carboxylic acids is 1. The van der Waals surface area contributed by atoms with Crippen LogP contribution in [0.5, 0.6) is 11.5 Å². The second kappa shape index (κ2) is 11.4. The fourth-order valence-electron chi connectivity index (χ4n) is 8.22. The first kappa shape index (κ1) is 29.1. The normalized spacial score (nSPS) is 31.6. The Labute approximate surface area is 242 Å². The average molecular weight is 560 g/mol. The van der Waals surface area contributed by atoms with Crippen LogP contribution in [0.1, 0.15) is 81.6 Å². The number of pyridine rings is 1. The first-order valence-electron chi connectivity index (χ1n) is 14.6. The third-order valence-corrected chi connectivity index (χ3v) is 10.3. The summed E-state index contributed by atoms with van der Waals surface area (Å²) < 4.78 is 9.71. The second-order valence-corrected chi connectivity index (χ2v) is 12.5. The summed E-state index contributed by atoms with van der Waals surface area (Å²) in [6.07, 6.45) is 17.0. The highest BCUT2D eigenvalue weighted by Crippen LogP contribution is 2.66. The molecule has 0 radical (unpaired) electrons. The van der Waals surface area contributed by atoms with E-state index in [0.29, 0.717) is 10.8 Å². The van der Waals surface area contributed by atoms with E-state index >= 15 is 0 Å². The molecule has 0 saturated heterocycles. The van der Waals surface area contributed by atoms with Crippen molar-refractivity contribution in [2.24, 2.45) is 28.6 Å². The van der Waals surface area contributed by atoms with Crippen LogP contribution in [0.4, 0.5) is 0 Å². The van der Waals surface area contributed by atoms with Crippen molar-refractivity contribution in [2.75, 3.05) is 7.11 Å². The number of hydrogen-bond donors (Lipinski definition) is 2. The number of hydrogen-bond acceptors (Lipinski definition) is 6. The molecule has 1 heterocycles. The van der Waals surface area contributed by atoms with Crippen molar-refractivity contribution in [1.29, 1.82) is 0 Å². The Morgan fingerprint density at radius 2 is 1.78 bits per heavy atom. The Morgan fingerprint density at radius 1 is 1.00 bits per heavy atom. The molecule has 2 fully saturated rings. The predicted molar refractivity (Wildman–Crippen MR) is 157 cm³/mol. The molecular formula is C34H41NO6. The minimum Gasteiger partial charge on any atom is -0.493 e. The van der Waals surface area contributed by atoms with Crippen molar-refractivity contribution >= 4 is 17.5 Å². The number of carboxylic acids is 1. The maximum absolute atomic E-state index is 10.7. The van der Waals surface area contributed by atoms with Crippen molar-refractivity contribution in [3.8, 4) is 11.5 Å². The molecule has 0 bridgehead atoms. The number of aliphatic hydroxyl groups is 1. The maximum Gasteiger partial charge on any atom is 0.335 e. The van der Waals surface area contributed by atoms with Gasteiger partial charge in [0.2, 0.25) is 0 Å². The van der Waals surface area contributed by atoms with E-state index < -0.39 is 11.9 Å². The number of methoxy groups -OCH3 is 1. The van der Waals surface area contributed by atoms with E-state index in [1.54, 1.807) is 11.1 Å². The molecule has 41 heavy (non-hydrogen) atoms. The van der Waals surface area contributed by atoms with E-state index in [9.17, 15) is 14.7 Å². The van der Waals surface area contributed by atoms with Crippen molar-refractivity contribution < 1.29 is 29.3 Å². The summed E-state index contributed by atoms with van der Waals surface area (Å²) >= 11 is 0. The Balaban J connectivity index is 0.000000193. The number of nitrogens with zero attached hydrogens (tertiary/aromatic N) is 1. The van der Waals surface area contributed by atoms with Crippen molar-refractivity contribution in [2.45, 2.75) is 71.8 Å². The summed E-state index contributed by atoms with van der Waals surface area (Å²) in [7, 11) is 1.37. The van der Waals surface area contributed by atoms with Crippen LogP contribution in [-0.4, -0.2) is 40.3 Å². The fraction of sp³-hybridized carbons (Fsp3) is 0.500. The molecule has 1 aromatic carbocycles. The standard InChI is InChI=1S/C24H31NO.C10H10O5/c1-23-11-9-18(26)14-17(23)5-6-19-21-8-7-20(16-4-3-13-25-15-16)24(21,2)12-10-22(19)23;1-6(11)15-8-4-3-7(10(12)13)5-9(8)14-2/h3-5,7,13,15,18-19,21-22,26H,6,8-12,14H2,1-2H3;3-5H,1-2H3,(H,12,13)/t18-,19-,21-,22-,23-,24+;/m0./s1. The third kappa shape index (κ3) is 5.44. The molecule has 4 aliphatic rings. The van der Waals surface area contributed by atoms with Crippen LogP contribution < -0.4 is 9.47 Å². The summed E-state index contributed by atoms with van der Waals surface area (Å²) in [5.74, 6) is 1.22. The van der Waals surface area contributed by atoms with Crippen molar-refractivity contribution in [3.05, 3.63) is 71.6 Å². The highest BCUT2D eigenvalue weighted by atomic mass is 16.6. The first-order valence-corrected chi connectivity index (χ1v) is 14.6. The minimum atomic E-state index is -1.07. The summed E-state index contributed by atoms with van der Waals surface area (Å²) in [5, 5.41) is 18.9. The highest BCUT2D eigenvalue weighted by Gasteiger charge is 2.56. The molecular weight excluding hydrogens is 518 g/mol. The highest BCUT2D eigenvalue weighted by molar-refractivity contribution is 5.88. The molecule has 0 spiro atoms. The number of ether oxygens (including phenoxy) is 2. The molecule has 4 aliphatic carbocycles. The van der Waals surface area contributed by atoms with Crippen LogP contribution in [0.15, 0.2) is 60.5 Å². The van der Waals surface area contributed by atoms with Crippen LogP contribution >= 0.6 is 0 Å². The molecule has 0 amide bonds. The van der Waals surface area contributed by atoms with E-state index in [-0.39, 0.29) is 23.2 Å². The van der Waals surface area contributed by atoms with Crippen LogP contribution in [-0.2, 0) is 4.79 Å². The van der Waals surface area contributed by atoms with Gasteiger partial charge in [0.1, 0.15) is 0 Å². The van der Waals surface area contributed by atoms with E-state index in [2.05, 4.69) is 43.1 Å². The number of esters is 1. The predicted octanol–water partition coefficient (Wildman–Crippen LogP) is 6.72. The number of benzene rings is 1. The molecule has 6 atom stereocenters. The zero-order valence-electron chi connectivity index (χ0n) is 24.4. The maximum atomic E-state index is 10.7. The van der Waals surface area contributed by atoms with Gasteiger partial charge in [-0.2, -0.15) is 0 Å². The van der Waals surface area contributed by atoms with Gasteiger partial charge < -0.3 is 19.7 Å². The summed E-state index contributed by atoms with van der Waals surface area (Å²) in [4.78, 5) is 25.7. The lowest BCUT2D eigenvalue weighted by Crippen LogP contribution is -2.49. The molecule has 218 valence electrons. The van der Waals surface area contributed by atoms with Gasteiger partial charge in [0.25, 0.3) is 0 Å². The molecule has 7 nitrogen and oxygen atoms in total. The lowest BCUT2D eigenvalue weighted by Gasteiger charge is -2.57. The molecule has 7 heteroatoms. The molecule has 2 N–H and O–H groups in total. The van der Waals surface area contributed by atoms with E-state index in [0.717, 1.165) is 30.6 Å². The number of fused-ring (bicyclic) bond motifs is 5. The monoisotopic (exact) mass is 559 g/mol. The van der Waals surface area contributed by atoms with Crippen molar-refractivity contribution in [1.82, 2.24) is 4.98 Å². The van der Waals surface area contributed by atoms with Gasteiger partial charge in [-0.25, -0.2) is 4.79 Å². The van der Waals surface area contributed by atoms with E-state index in [1.807, 2.05) is 12.4 Å². The van der Waals surface area contributed by atoms with Crippen LogP contribution in [0.25, 0.3) is 5.57 Å². The minimum absolute atomic E-state index is 0.0720. The van der Waals surface area contributed by atoms with Gasteiger partial charge in [-0.15, -0.1) is 0 Å². The number of carbonyl (C=O) groups is 2. The van der Waals surface area contributed by atoms with Crippen LogP contribution in [0, 0.1) is 28.6 Å². The topological polar surface area (TPSA) is 106 Å². The zero-order valence-corrected chi connectivity index (χ0v) is 24.4. The lowest BCUT2D eigenvalue weighted by molar-refractivity contribution is -0.132. The molecule has 2 aromatic rings. The van der Waals surface area contributed by atoms with Gasteiger partial charge in [0.05, 0.1) is 18.8 Å². The summed E-state index contributed by atoms with van der Waals surface area (Å²) in [5.41, 5.74) is 5.16. The molecule has 1 aromatic heterocycles. The fourth-order valence-corrected chi connectivity index (χ4v) is 8.22.